The number of hydrogen-bond acceptors (Lipinski definition) is 3. The summed E-state index contributed by atoms with van der Waals surface area (Å²) in [4.78, 5) is 1.50. The molecule has 0 amide bonds. The Kier molecular flexibility index (Phi) is 4.78. The second-order valence-corrected chi connectivity index (χ2v) is 8.04. The highest BCUT2D eigenvalue weighted by molar-refractivity contribution is 8.00. The molecule has 1 nitrogen and oxygen atoms in total. The van der Waals surface area contributed by atoms with Crippen LogP contribution in [-0.4, -0.2) is 29.3 Å². The van der Waals surface area contributed by atoms with Gasteiger partial charge in [0.05, 0.1) is 0 Å². The Labute approximate surface area is 125 Å². The maximum atomic E-state index is 3.86. The second kappa shape index (κ2) is 6.55. The van der Waals surface area contributed by atoms with Crippen molar-refractivity contribution in [1.29, 1.82) is 0 Å². The molecule has 1 fully saturated rings. The molecule has 0 bridgehead atoms. The summed E-state index contributed by atoms with van der Waals surface area (Å²) in [5.41, 5.74) is 1.55. The lowest BCUT2D eigenvalue weighted by molar-refractivity contribution is 0.385. The van der Waals surface area contributed by atoms with Crippen LogP contribution in [0.1, 0.15) is 31.2 Å². The van der Waals surface area contributed by atoms with Crippen molar-refractivity contribution in [2.75, 3.05) is 12.8 Å². The van der Waals surface area contributed by atoms with E-state index in [1.165, 1.54) is 43.5 Å². The number of rotatable bonds is 4. The SMILES string of the molecule is CSC1CCCCC1NCC1Cc2ccccc2S1. The second-order valence-electron chi connectivity index (χ2n) is 5.63. The smallest absolute Gasteiger partial charge is 0.0260 e. The Morgan fingerprint density at radius 2 is 2.11 bits per heavy atom. The molecule has 104 valence electrons. The maximum Gasteiger partial charge on any atom is 0.0260 e. The van der Waals surface area contributed by atoms with Gasteiger partial charge in [-0.05, 0) is 37.1 Å². The van der Waals surface area contributed by atoms with Crippen molar-refractivity contribution in [3.8, 4) is 0 Å². The van der Waals surface area contributed by atoms with Crippen LogP contribution < -0.4 is 5.32 Å². The molecule has 19 heavy (non-hydrogen) atoms. The van der Waals surface area contributed by atoms with E-state index in [2.05, 4.69) is 59.4 Å². The van der Waals surface area contributed by atoms with Crippen molar-refractivity contribution in [3.05, 3.63) is 29.8 Å². The summed E-state index contributed by atoms with van der Waals surface area (Å²) in [6, 6.07) is 9.62. The fraction of sp³-hybridized carbons (Fsp3) is 0.625. The van der Waals surface area contributed by atoms with E-state index in [-0.39, 0.29) is 0 Å². The van der Waals surface area contributed by atoms with Gasteiger partial charge >= 0.3 is 0 Å². The summed E-state index contributed by atoms with van der Waals surface area (Å²) in [5, 5.41) is 5.43. The van der Waals surface area contributed by atoms with Gasteiger partial charge < -0.3 is 5.32 Å². The number of fused-ring (bicyclic) bond motifs is 1. The number of hydrogen-bond donors (Lipinski definition) is 1. The van der Waals surface area contributed by atoms with Crippen molar-refractivity contribution in [3.63, 3.8) is 0 Å². The van der Waals surface area contributed by atoms with E-state index in [4.69, 9.17) is 0 Å². The lowest BCUT2D eigenvalue weighted by atomic mass is 9.94. The molecule has 0 radical (unpaired) electrons. The first kappa shape index (κ1) is 13.8. The van der Waals surface area contributed by atoms with Gasteiger partial charge in [0.25, 0.3) is 0 Å². The minimum absolute atomic E-state index is 0.738. The van der Waals surface area contributed by atoms with Crippen LogP contribution in [-0.2, 0) is 6.42 Å². The van der Waals surface area contributed by atoms with Crippen LogP contribution >= 0.6 is 23.5 Å². The molecular weight excluding hydrogens is 270 g/mol. The van der Waals surface area contributed by atoms with E-state index < -0.39 is 0 Å². The van der Waals surface area contributed by atoms with Crippen LogP contribution in [0.4, 0.5) is 0 Å². The molecule has 3 rings (SSSR count). The number of nitrogens with one attached hydrogen (secondary N) is 1. The third kappa shape index (κ3) is 3.32. The number of benzene rings is 1. The molecule has 1 heterocycles. The molecule has 2 aliphatic rings. The summed E-state index contributed by atoms with van der Waals surface area (Å²) >= 11 is 4.12. The highest BCUT2D eigenvalue weighted by Gasteiger charge is 2.26. The van der Waals surface area contributed by atoms with Crippen LogP contribution in [0.5, 0.6) is 0 Å². The zero-order chi connectivity index (χ0) is 13.1. The number of thioether (sulfide) groups is 2. The molecular formula is C16H23NS2. The summed E-state index contributed by atoms with van der Waals surface area (Å²) in [6.45, 7) is 1.17. The van der Waals surface area contributed by atoms with E-state index >= 15 is 0 Å². The monoisotopic (exact) mass is 293 g/mol. The standard InChI is InChI=1S/C16H23NS2/c1-18-16-9-5-3-7-14(16)17-11-13-10-12-6-2-4-8-15(12)19-13/h2,4,6,8,13-14,16-17H,3,5,7,9-11H2,1H3. The van der Waals surface area contributed by atoms with Gasteiger partial charge in [0, 0.05) is 28.0 Å². The van der Waals surface area contributed by atoms with E-state index in [9.17, 15) is 0 Å². The zero-order valence-corrected chi connectivity index (χ0v) is 13.2. The molecule has 1 aromatic rings. The minimum atomic E-state index is 0.738. The van der Waals surface area contributed by atoms with Crippen molar-refractivity contribution in [2.45, 2.75) is 53.5 Å². The fourth-order valence-corrected chi connectivity index (χ4v) is 5.49. The van der Waals surface area contributed by atoms with Gasteiger partial charge in [-0.15, -0.1) is 11.8 Å². The molecule has 0 aromatic heterocycles. The van der Waals surface area contributed by atoms with Crippen LogP contribution in [0.15, 0.2) is 29.2 Å². The van der Waals surface area contributed by atoms with Crippen LogP contribution in [0, 0.1) is 0 Å². The van der Waals surface area contributed by atoms with Gasteiger partial charge in [0.1, 0.15) is 0 Å². The third-order valence-corrected chi connectivity index (χ3v) is 6.82. The fourth-order valence-electron chi connectivity index (χ4n) is 3.26. The summed E-state index contributed by atoms with van der Waals surface area (Å²) in [5.74, 6) is 0. The van der Waals surface area contributed by atoms with Gasteiger partial charge in [-0.1, -0.05) is 31.0 Å². The lowest BCUT2D eigenvalue weighted by Gasteiger charge is -2.31. The van der Waals surface area contributed by atoms with E-state index in [1.807, 2.05) is 0 Å². The zero-order valence-electron chi connectivity index (χ0n) is 11.6. The van der Waals surface area contributed by atoms with Crippen LogP contribution in [0.25, 0.3) is 0 Å². The molecule has 1 aliphatic heterocycles. The lowest BCUT2D eigenvalue weighted by Crippen LogP contribution is -2.43. The predicted molar refractivity (Wildman–Crippen MR) is 87.4 cm³/mol. The Balaban J connectivity index is 1.51. The first-order valence-corrected chi connectivity index (χ1v) is 9.54. The average molecular weight is 294 g/mol. The highest BCUT2D eigenvalue weighted by Crippen LogP contribution is 2.36. The highest BCUT2D eigenvalue weighted by atomic mass is 32.2. The predicted octanol–water partition coefficient (Wildman–Crippen LogP) is 3.97. The molecule has 3 atom stereocenters. The Hall–Kier alpha value is -0.120. The van der Waals surface area contributed by atoms with E-state index in [1.54, 1.807) is 5.56 Å². The van der Waals surface area contributed by atoms with E-state index in [0.29, 0.717) is 0 Å². The van der Waals surface area contributed by atoms with Crippen molar-refractivity contribution in [1.82, 2.24) is 5.32 Å². The van der Waals surface area contributed by atoms with Crippen LogP contribution in [0.3, 0.4) is 0 Å². The van der Waals surface area contributed by atoms with Gasteiger partial charge in [0.2, 0.25) is 0 Å². The Morgan fingerprint density at radius 3 is 2.95 bits per heavy atom. The third-order valence-electron chi connectivity index (χ3n) is 4.33. The van der Waals surface area contributed by atoms with Crippen LogP contribution in [0.2, 0.25) is 0 Å². The molecule has 3 unspecified atom stereocenters. The molecule has 1 aromatic carbocycles. The molecule has 1 aliphatic carbocycles. The van der Waals surface area contributed by atoms with Gasteiger partial charge in [-0.2, -0.15) is 11.8 Å². The molecule has 3 heteroatoms. The summed E-state index contributed by atoms with van der Waals surface area (Å²) in [7, 11) is 0. The largest absolute Gasteiger partial charge is 0.312 e. The normalized spacial score (nSPS) is 30.3. The van der Waals surface area contributed by atoms with Crippen molar-refractivity contribution in [2.24, 2.45) is 0 Å². The Bertz CT molecular complexity index is 396. The van der Waals surface area contributed by atoms with Gasteiger partial charge in [-0.3, -0.25) is 0 Å². The first-order chi connectivity index (χ1) is 9.36. The minimum Gasteiger partial charge on any atom is -0.312 e. The van der Waals surface area contributed by atoms with Gasteiger partial charge in [0.15, 0.2) is 0 Å². The topological polar surface area (TPSA) is 12.0 Å². The summed E-state index contributed by atoms with van der Waals surface area (Å²) < 4.78 is 0. The average Bonchev–Trinajstić information content (AvgIpc) is 2.88. The molecule has 1 N–H and O–H groups in total. The quantitative estimate of drug-likeness (QED) is 0.902. The summed E-state index contributed by atoms with van der Waals surface area (Å²) in [6.07, 6.45) is 9.11. The van der Waals surface area contributed by atoms with Gasteiger partial charge in [-0.25, -0.2) is 0 Å². The molecule has 1 saturated carbocycles. The molecule has 0 spiro atoms. The van der Waals surface area contributed by atoms with Crippen molar-refractivity contribution < 1.29 is 0 Å². The molecule has 0 saturated heterocycles. The van der Waals surface area contributed by atoms with E-state index in [0.717, 1.165) is 16.5 Å². The van der Waals surface area contributed by atoms with Crippen molar-refractivity contribution >= 4 is 23.5 Å². The maximum absolute atomic E-state index is 3.86. The Morgan fingerprint density at radius 1 is 1.26 bits per heavy atom. The first-order valence-electron chi connectivity index (χ1n) is 7.37.